The van der Waals surface area contributed by atoms with Crippen molar-refractivity contribution in [2.45, 2.75) is 0 Å². The van der Waals surface area contributed by atoms with Crippen molar-refractivity contribution in [2.24, 2.45) is 0 Å². The first-order valence-corrected chi connectivity index (χ1v) is 4.26. The molecule has 8 nitrogen and oxygen atoms in total. The van der Waals surface area contributed by atoms with E-state index in [2.05, 4.69) is 42.3 Å². The molecule has 0 spiro atoms. The third-order valence-electron chi connectivity index (χ3n) is 0. The highest BCUT2D eigenvalue weighted by atomic mass is 16.6. The van der Waals surface area contributed by atoms with E-state index in [1.54, 1.807) is 0 Å². The Morgan fingerprint density at radius 2 is 0.750 bits per heavy atom. The van der Waals surface area contributed by atoms with Crippen LogP contribution in [-0.4, -0.2) is 64.8 Å². The summed E-state index contributed by atoms with van der Waals surface area (Å²) in [4.78, 5) is 19.7. The number of hydrogen-bond donors (Lipinski definition) is 4. The maximum Gasteiger partial charge on any atom is 0.249 e. The molecule has 0 heterocycles. The summed E-state index contributed by atoms with van der Waals surface area (Å²) in [5.41, 5.74) is 0. The van der Waals surface area contributed by atoms with Crippen LogP contribution in [0.15, 0.2) is 0 Å². The number of quaternary nitrogens is 2. The molecule has 0 saturated carbocycles. The molecule has 8 heteroatoms. The van der Waals surface area contributed by atoms with E-state index in [1.807, 2.05) is 0 Å². The van der Waals surface area contributed by atoms with Gasteiger partial charge < -0.3 is 39.8 Å². The van der Waals surface area contributed by atoms with E-state index in [4.69, 9.17) is 30.0 Å². The molecule has 0 saturated heterocycles. The minimum absolute atomic E-state index is 1.42. The van der Waals surface area contributed by atoms with Gasteiger partial charge in [-0.1, -0.05) is 0 Å². The van der Waals surface area contributed by atoms with Crippen molar-refractivity contribution in [3.05, 3.63) is 0 Å². The zero-order chi connectivity index (χ0) is 14.3. The summed E-state index contributed by atoms with van der Waals surface area (Å²) in [5.74, 6) is 0. The van der Waals surface area contributed by atoms with Crippen molar-refractivity contribution in [3.63, 3.8) is 0 Å². The molecule has 0 fully saturated rings. The fourth-order valence-electron chi connectivity index (χ4n) is 0. The van der Waals surface area contributed by atoms with Gasteiger partial charge in [-0.15, -0.1) is 0 Å². The molecule has 0 radical (unpaired) electrons. The Bertz CT molecular complexity index is 129. The third kappa shape index (κ3) is 690. The molecule has 0 aromatic rings. The van der Waals surface area contributed by atoms with Crippen molar-refractivity contribution in [1.82, 2.24) is 0 Å². The van der Waals surface area contributed by atoms with Crippen LogP contribution in [-0.2, 0) is 0 Å². The first kappa shape index (κ1) is 23.9. The van der Waals surface area contributed by atoms with Crippen molar-refractivity contribution in [1.29, 1.82) is 0 Å². The Balaban J connectivity index is -0.0000000600. The molecule has 0 atom stereocenters. The van der Waals surface area contributed by atoms with Crippen LogP contribution < -0.4 is 20.0 Å². The van der Waals surface area contributed by atoms with Crippen molar-refractivity contribution in [2.75, 3.05) is 42.3 Å². The minimum atomic E-state index is -2.08. The summed E-state index contributed by atoms with van der Waals surface area (Å²) in [6.45, 7) is 0. The van der Waals surface area contributed by atoms with Gasteiger partial charge in [0, 0.05) is 0 Å². The van der Waals surface area contributed by atoms with Crippen molar-refractivity contribution < 1.29 is 39.8 Å². The van der Waals surface area contributed by atoms with Gasteiger partial charge in [0.15, 0.2) is 0 Å². The van der Waals surface area contributed by atoms with Crippen LogP contribution in [0.25, 0.3) is 0 Å². The maximum atomic E-state index is 8.44. The molecule has 16 heavy (non-hydrogen) atoms. The molecule has 0 aliphatic heterocycles. The molecule has 0 aliphatic rings. The average molecular weight is 242 g/mol. The average Bonchev–Trinajstić information content (AvgIpc) is 1.76. The van der Waals surface area contributed by atoms with E-state index < -0.39 is 12.3 Å². The van der Waals surface area contributed by atoms with Crippen LogP contribution >= 0.6 is 0 Å². The first-order chi connectivity index (χ1) is 6.93. The van der Waals surface area contributed by atoms with E-state index in [-0.39, 0.29) is 0 Å². The SMILES string of the molecule is C[NH+](C)C.C[NH+](C)C.O=C([O-])O.O=C([O-])O. The van der Waals surface area contributed by atoms with Gasteiger partial charge >= 0.3 is 0 Å². The first-order valence-electron chi connectivity index (χ1n) is 4.26. The molecule has 100 valence electrons. The maximum absolute atomic E-state index is 8.44. The second-order valence-corrected chi connectivity index (χ2v) is 3.53. The predicted molar refractivity (Wildman–Crippen MR) is 53.5 cm³/mol. The largest absolute Gasteiger partial charge is 0.565 e. The van der Waals surface area contributed by atoms with Gasteiger partial charge in [0.25, 0.3) is 0 Å². The lowest BCUT2D eigenvalue weighted by molar-refractivity contribution is -0.836. The van der Waals surface area contributed by atoms with E-state index in [1.165, 1.54) is 9.80 Å². The summed E-state index contributed by atoms with van der Waals surface area (Å²) in [6.07, 6.45) is -4.17. The molecule has 0 amide bonds. The van der Waals surface area contributed by atoms with E-state index in [0.717, 1.165) is 0 Å². The lowest BCUT2D eigenvalue weighted by Crippen LogP contribution is -3.02. The van der Waals surface area contributed by atoms with Crippen LogP contribution in [0.5, 0.6) is 0 Å². The summed E-state index contributed by atoms with van der Waals surface area (Å²) >= 11 is 0. The molecule has 4 N–H and O–H groups in total. The van der Waals surface area contributed by atoms with Gasteiger partial charge in [-0.3, -0.25) is 0 Å². The zero-order valence-electron chi connectivity index (χ0n) is 10.5. The van der Waals surface area contributed by atoms with Gasteiger partial charge in [-0.25, -0.2) is 0 Å². The predicted octanol–water partition coefficient (Wildman–Crippen LogP) is -4.70. The standard InChI is InChI=1S/2C3H9N.2CH2O3/c2*1-4(2)3;2*2-1(3)4/h2*1-3H3;2*(H2,2,3,4). The summed E-state index contributed by atoms with van der Waals surface area (Å²) in [5, 5.41) is 30.6. The third-order valence-corrected chi connectivity index (χ3v) is 0. The normalized spacial score (nSPS) is 7.50. The van der Waals surface area contributed by atoms with Crippen LogP contribution in [0.4, 0.5) is 9.59 Å². The highest BCUT2D eigenvalue weighted by Gasteiger charge is 1.61. The highest BCUT2D eigenvalue weighted by Crippen LogP contribution is 1.32. The molecule has 0 aromatic heterocycles. The Morgan fingerprint density at radius 1 is 0.750 bits per heavy atom. The molecule has 0 aliphatic carbocycles. The highest BCUT2D eigenvalue weighted by molar-refractivity contribution is 5.50. The zero-order valence-corrected chi connectivity index (χ0v) is 10.5. The fourth-order valence-corrected chi connectivity index (χ4v) is 0. The summed E-state index contributed by atoms with van der Waals surface area (Å²) in [6, 6.07) is 0. The number of rotatable bonds is 0. The minimum Gasteiger partial charge on any atom is -0.565 e. The Morgan fingerprint density at radius 3 is 0.750 bits per heavy atom. The lowest BCUT2D eigenvalue weighted by atomic mass is 11.0. The Labute approximate surface area is 95.3 Å². The molecule has 0 rings (SSSR count). The van der Waals surface area contributed by atoms with Crippen LogP contribution in [0.2, 0.25) is 0 Å². The lowest BCUT2D eigenvalue weighted by Gasteiger charge is -1.88. The summed E-state index contributed by atoms with van der Waals surface area (Å²) in [7, 11) is 12.5. The van der Waals surface area contributed by atoms with E-state index >= 15 is 0 Å². The second kappa shape index (κ2) is 19.1. The monoisotopic (exact) mass is 242 g/mol. The van der Waals surface area contributed by atoms with Crippen LogP contribution in [0.1, 0.15) is 0 Å². The topological polar surface area (TPSA) is 130 Å². The number of hydrogen-bond acceptors (Lipinski definition) is 4. The number of carbonyl (C=O) groups is 2. The number of carboxylic acid groups (broad SMARTS) is 4. The Hall–Kier alpha value is -1.54. The molecular weight excluding hydrogens is 220 g/mol. The second-order valence-electron chi connectivity index (χ2n) is 3.53. The van der Waals surface area contributed by atoms with Crippen molar-refractivity contribution >= 4 is 12.3 Å². The van der Waals surface area contributed by atoms with Gasteiger partial charge in [0.1, 0.15) is 0 Å². The fraction of sp³-hybridized carbons (Fsp3) is 0.750. The molecule has 0 unspecified atom stereocenters. The van der Waals surface area contributed by atoms with Gasteiger partial charge in [0.2, 0.25) is 12.3 Å². The quantitative estimate of drug-likeness (QED) is 0.338. The summed E-state index contributed by atoms with van der Waals surface area (Å²) < 4.78 is 0. The molecule has 0 aromatic carbocycles. The molecular formula is C8H22N2O6. The van der Waals surface area contributed by atoms with Crippen molar-refractivity contribution in [3.8, 4) is 0 Å². The smallest absolute Gasteiger partial charge is 0.249 e. The molecule has 0 bridgehead atoms. The van der Waals surface area contributed by atoms with Crippen LogP contribution in [0.3, 0.4) is 0 Å². The number of nitrogens with one attached hydrogen (secondary N) is 2. The van der Waals surface area contributed by atoms with Gasteiger partial charge in [-0.2, -0.15) is 0 Å². The van der Waals surface area contributed by atoms with E-state index in [9.17, 15) is 0 Å². The Kier molecular flexibility index (Phi) is 28.6. The van der Waals surface area contributed by atoms with Gasteiger partial charge in [0.05, 0.1) is 42.3 Å². The van der Waals surface area contributed by atoms with E-state index in [0.29, 0.717) is 0 Å². The van der Waals surface area contributed by atoms with Gasteiger partial charge in [-0.05, 0) is 0 Å². The van der Waals surface area contributed by atoms with Crippen LogP contribution in [0, 0.1) is 0 Å².